The maximum Gasteiger partial charge on any atom is 0.153 e. The molecule has 2 rings (SSSR count). The van der Waals surface area contributed by atoms with Gasteiger partial charge in [-0.1, -0.05) is 82.2 Å². The third kappa shape index (κ3) is 8.62. The van der Waals surface area contributed by atoms with Crippen LogP contribution in [0.15, 0.2) is 30.3 Å². The molecule has 0 saturated heterocycles. The van der Waals surface area contributed by atoms with E-state index in [2.05, 4.69) is 50.0 Å². The third-order valence-electron chi connectivity index (χ3n) is 5.86. The molecule has 1 aliphatic carbocycles. The average Bonchev–Trinajstić information content (AvgIpc) is 2.55. The highest BCUT2D eigenvalue weighted by atomic mass is 32.2. The normalized spacial score (nSPS) is 18.8. The lowest BCUT2D eigenvalue weighted by Crippen LogP contribution is -2.22. The molecule has 2 heteroatoms. The zero-order valence-corrected chi connectivity index (χ0v) is 17.3. The van der Waals surface area contributed by atoms with Crippen molar-refractivity contribution in [2.45, 2.75) is 78.1 Å². The van der Waals surface area contributed by atoms with Crippen LogP contribution in [0, 0.1) is 17.3 Å². The summed E-state index contributed by atoms with van der Waals surface area (Å²) in [7, 11) is 5.72. The topological polar surface area (TPSA) is 0 Å². The Balaban J connectivity index is 1.95. The molecule has 0 amide bonds. The summed E-state index contributed by atoms with van der Waals surface area (Å²) in [6.07, 6.45) is 13.8. The molecule has 2 atom stereocenters. The minimum Gasteiger partial charge on any atom is -0.246 e. The molecule has 0 nitrogen and oxygen atoms in total. The monoisotopic (exact) mass is 356 g/mol. The Morgan fingerprint density at radius 1 is 1.16 bits per heavy atom. The van der Waals surface area contributed by atoms with Gasteiger partial charge in [0, 0.05) is 0 Å². The smallest absolute Gasteiger partial charge is 0.153 e. The van der Waals surface area contributed by atoms with Gasteiger partial charge in [0.05, 0.1) is 0 Å². The van der Waals surface area contributed by atoms with Gasteiger partial charge in [-0.3, -0.25) is 0 Å². The van der Waals surface area contributed by atoms with E-state index in [0.29, 0.717) is 5.41 Å². The second-order valence-electron chi connectivity index (χ2n) is 9.01. The second kappa shape index (κ2) is 10.6. The number of benzene rings is 1. The van der Waals surface area contributed by atoms with E-state index in [1.807, 2.05) is 0 Å². The van der Waals surface area contributed by atoms with E-state index in [-0.39, 0.29) is 10.3 Å². The SMILES string of the molecule is [B]S(=C)CCCC(C)(C)CC(Cc1ccccc1)CC1CCCCC1. The molecule has 1 aromatic carbocycles. The van der Waals surface area contributed by atoms with Crippen molar-refractivity contribution in [2.24, 2.45) is 17.3 Å². The van der Waals surface area contributed by atoms with Gasteiger partial charge in [-0.2, -0.15) is 0 Å². The first-order valence-corrected chi connectivity index (χ1v) is 11.9. The lowest BCUT2D eigenvalue weighted by atomic mass is 9.73. The molecule has 0 spiro atoms. The van der Waals surface area contributed by atoms with Crippen LogP contribution >= 0.6 is 10.3 Å². The molecule has 138 valence electrons. The molecule has 1 fully saturated rings. The van der Waals surface area contributed by atoms with E-state index in [1.165, 1.54) is 69.8 Å². The summed E-state index contributed by atoms with van der Waals surface area (Å²) in [4.78, 5) is 0. The molecule has 2 radical (unpaired) electrons. The fourth-order valence-corrected chi connectivity index (χ4v) is 5.22. The summed E-state index contributed by atoms with van der Waals surface area (Å²) >= 11 is 0. The van der Waals surface area contributed by atoms with E-state index in [4.69, 9.17) is 7.12 Å². The van der Waals surface area contributed by atoms with E-state index >= 15 is 0 Å². The molecule has 0 aromatic heterocycles. The van der Waals surface area contributed by atoms with Gasteiger partial charge in [0.25, 0.3) is 0 Å². The quantitative estimate of drug-likeness (QED) is 0.319. The Labute approximate surface area is 160 Å². The minimum atomic E-state index is -0.150. The molecule has 1 aromatic rings. The molecule has 1 aliphatic rings. The van der Waals surface area contributed by atoms with Crippen LogP contribution in [-0.2, 0) is 6.42 Å². The Morgan fingerprint density at radius 3 is 2.48 bits per heavy atom. The summed E-state index contributed by atoms with van der Waals surface area (Å²) in [6.45, 7) is 4.92. The minimum absolute atomic E-state index is 0.150. The van der Waals surface area contributed by atoms with E-state index in [9.17, 15) is 0 Å². The summed E-state index contributed by atoms with van der Waals surface area (Å²) < 4.78 is 0. The number of rotatable bonds is 10. The number of hydrogen-bond acceptors (Lipinski definition) is 0. The first-order valence-electron chi connectivity index (χ1n) is 10.2. The molecule has 0 heterocycles. The van der Waals surface area contributed by atoms with Gasteiger partial charge < -0.3 is 0 Å². The van der Waals surface area contributed by atoms with Gasteiger partial charge in [0.1, 0.15) is 0 Å². The van der Waals surface area contributed by atoms with E-state index in [0.717, 1.165) is 17.6 Å². The highest BCUT2D eigenvalue weighted by Gasteiger charge is 2.26. The molecule has 1 saturated carbocycles. The molecule has 0 aliphatic heterocycles. The van der Waals surface area contributed by atoms with Crippen LogP contribution in [0.3, 0.4) is 0 Å². The maximum atomic E-state index is 5.87. The Kier molecular flexibility index (Phi) is 8.83. The van der Waals surface area contributed by atoms with E-state index < -0.39 is 0 Å². The molecule has 0 N–H and O–H groups in total. The maximum absolute atomic E-state index is 5.87. The zero-order valence-electron chi connectivity index (χ0n) is 16.5. The fourth-order valence-electron chi connectivity index (χ4n) is 4.70. The zero-order chi connectivity index (χ0) is 18.1. The van der Waals surface area contributed by atoms with Gasteiger partial charge in [-0.15, -0.1) is 0 Å². The summed E-state index contributed by atoms with van der Waals surface area (Å²) in [5, 5.41) is 0. The van der Waals surface area contributed by atoms with Crippen molar-refractivity contribution in [3.63, 3.8) is 0 Å². The fraction of sp³-hybridized carbons (Fsp3) is 0.696. The standard InChI is InChI=1S/C23H37BS/c1-23(2,15-10-16-25(3)24)19-22(17-20-11-6-4-7-12-20)18-21-13-8-5-9-14-21/h4,6-7,11-12,21-22H,3,5,8-10,13-19H2,1-2H3. The highest BCUT2D eigenvalue weighted by molar-refractivity contribution is 8.32. The van der Waals surface area contributed by atoms with Crippen molar-refractivity contribution in [1.82, 2.24) is 0 Å². The Morgan fingerprint density at radius 2 is 1.84 bits per heavy atom. The lowest BCUT2D eigenvalue weighted by molar-refractivity contribution is 0.200. The summed E-state index contributed by atoms with van der Waals surface area (Å²) in [5.74, 6) is 6.82. The van der Waals surface area contributed by atoms with Crippen LogP contribution in [0.4, 0.5) is 0 Å². The second-order valence-corrected chi connectivity index (χ2v) is 10.5. The van der Waals surface area contributed by atoms with Crippen LogP contribution in [0.2, 0.25) is 0 Å². The van der Waals surface area contributed by atoms with Gasteiger partial charge in [0.15, 0.2) is 7.12 Å². The molecular weight excluding hydrogens is 319 g/mol. The Hall–Kier alpha value is -0.495. The Bertz CT molecular complexity index is 502. The van der Waals surface area contributed by atoms with Crippen molar-refractivity contribution in [3.8, 4) is 0 Å². The summed E-state index contributed by atoms with van der Waals surface area (Å²) in [5.41, 5.74) is 1.92. The van der Waals surface area contributed by atoms with Crippen molar-refractivity contribution >= 4 is 23.3 Å². The summed E-state index contributed by atoms with van der Waals surface area (Å²) in [6, 6.07) is 11.1. The van der Waals surface area contributed by atoms with Crippen LogP contribution in [0.25, 0.3) is 0 Å². The van der Waals surface area contributed by atoms with Crippen LogP contribution in [-0.4, -0.2) is 18.7 Å². The van der Waals surface area contributed by atoms with Gasteiger partial charge in [-0.05, 0) is 60.7 Å². The lowest BCUT2D eigenvalue weighted by Gasteiger charge is -2.33. The van der Waals surface area contributed by atoms with Crippen LogP contribution in [0.5, 0.6) is 0 Å². The molecule has 0 bridgehead atoms. The molecule has 25 heavy (non-hydrogen) atoms. The van der Waals surface area contributed by atoms with Crippen LogP contribution in [0.1, 0.15) is 77.2 Å². The van der Waals surface area contributed by atoms with Crippen molar-refractivity contribution in [1.29, 1.82) is 0 Å². The van der Waals surface area contributed by atoms with Gasteiger partial charge >= 0.3 is 0 Å². The first kappa shape index (κ1) is 20.8. The van der Waals surface area contributed by atoms with Gasteiger partial charge in [0.2, 0.25) is 0 Å². The third-order valence-corrected chi connectivity index (χ3v) is 6.67. The van der Waals surface area contributed by atoms with Gasteiger partial charge in [-0.25, -0.2) is 10.3 Å². The highest BCUT2D eigenvalue weighted by Crippen LogP contribution is 2.38. The average molecular weight is 356 g/mol. The predicted octanol–water partition coefficient (Wildman–Crippen LogP) is 6.80. The first-order chi connectivity index (χ1) is 11.9. The molecule has 2 unspecified atom stereocenters. The predicted molar refractivity (Wildman–Crippen MR) is 118 cm³/mol. The largest absolute Gasteiger partial charge is 0.246 e. The van der Waals surface area contributed by atoms with Crippen molar-refractivity contribution < 1.29 is 0 Å². The molecular formula is C23H37BS. The van der Waals surface area contributed by atoms with Crippen molar-refractivity contribution in [3.05, 3.63) is 35.9 Å². The number of hydrogen-bond donors (Lipinski definition) is 0. The van der Waals surface area contributed by atoms with Crippen molar-refractivity contribution in [2.75, 3.05) is 5.75 Å². The van der Waals surface area contributed by atoms with Crippen LogP contribution < -0.4 is 0 Å². The van der Waals surface area contributed by atoms with E-state index in [1.54, 1.807) is 0 Å².